The predicted octanol–water partition coefficient (Wildman–Crippen LogP) is 8.77. The lowest BCUT2D eigenvalue weighted by molar-refractivity contribution is 0.494. The lowest BCUT2D eigenvalue weighted by atomic mass is 9.97. The largest absolute Gasteiger partial charge is 0.456 e. The molecule has 0 saturated heterocycles. The van der Waals surface area contributed by atoms with Gasteiger partial charge in [0.1, 0.15) is 11.2 Å². The Hall–Kier alpha value is -2.96. The summed E-state index contributed by atoms with van der Waals surface area (Å²) in [5.74, 6) is -7.93. The van der Waals surface area contributed by atoms with E-state index >= 15 is 4.39 Å². The maximum absolute atomic E-state index is 15.0. The first-order valence-corrected chi connectivity index (χ1v) is 11.0. The molecule has 0 aliphatic rings. The van der Waals surface area contributed by atoms with E-state index in [-0.39, 0.29) is 28.7 Å². The second-order valence-corrected chi connectivity index (χ2v) is 8.17. The third kappa shape index (κ3) is 3.87. The molecule has 7 heteroatoms. The highest BCUT2D eigenvalue weighted by Gasteiger charge is 2.26. The molecule has 174 valence electrons. The van der Waals surface area contributed by atoms with Gasteiger partial charge in [-0.05, 0) is 42.5 Å². The van der Waals surface area contributed by atoms with Gasteiger partial charge < -0.3 is 4.42 Å². The van der Waals surface area contributed by atoms with Gasteiger partial charge in [0.2, 0.25) is 0 Å². The van der Waals surface area contributed by atoms with Crippen LogP contribution in [0.2, 0.25) is 0 Å². The minimum Gasteiger partial charge on any atom is -0.456 e. The molecular formula is C26H22F6O. The number of unbranched alkanes of at least 4 members (excludes halogenated alkanes) is 2. The zero-order chi connectivity index (χ0) is 23.9. The molecule has 0 amide bonds. The van der Waals surface area contributed by atoms with Crippen LogP contribution in [0.5, 0.6) is 0 Å². The van der Waals surface area contributed by atoms with Crippen LogP contribution in [0.1, 0.15) is 50.7 Å². The van der Waals surface area contributed by atoms with Crippen LogP contribution in [-0.2, 0) is 12.8 Å². The van der Waals surface area contributed by atoms with Crippen LogP contribution < -0.4 is 0 Å². The summed E-state index contributed by atoms with van der Waals surface area (Å²) in [6, 6.07) is 4.76. The summed E-state index contributed by atoms with van der Waals surface area (Å²) in [5, 5.41) is -1.11. The molecule has 0 spiro atoms. The second kappa shape index (κ2) is 9.12. The Morgan fingerprint density at radius 2 is 1.18 bits per heavy atom. The number of hydrogen-bond acceptors (Lipinski definition) is 1. The zero-order valence-electron chi connectivity index (χ0n) is 18.2. The van der Waals surface area contributed by atoms with Crippen molar-refractivity contribution < 1.29 is 30.8 Å². The molecule has 0 aliphatic heterocycles. The Balaban J connectivity index is 1.90. The molecule has 0 saturated carbocycles. The summed E-state index contributed by atoms with van der Waals surface area (Å²) in [5.41, 5.74) is -1.29. The van der Waals surface area contributed by atoms with Crippen LogP contribution in [0.4, 0.5) is 26.3 Å². The van der Waals surface area contributed by atoms with Gasteiger partial charge >= 0.3 is 0 Å². The number of rotatable bonds is 7. The van der Waals surface area contributed by atoms with Gasteiger partial charge in [-0.25, -0.2) is 26.3 Å². The van der Waals surface area contributed by atoms with Crippen LogP contribution in [0.3, 0.4) is 0 Å². The van der Waals surface area contributed by atoms with E-state index in [0.29, 0.717) is 19.3 Å². The molecule has 4 rings (SSSR count). The number of hydrogen-bond donors (Lipinski definition) is 0. The highest BCUT2D eigenvalue weighted by Crippen LogP contribution is 2.40. The molecule has 0 radical (unpaired) electrons. The highest BCUT2D eigenvalue weighted by atomic mass is 19.2. The first-order valence-electron chi connectivity index (χ1n) is 11.0. The number of halogens is 6. The van der Waals surface area contributed by atoms with Crippen molar-refractivity contribution in [3.05, 3.63) is 70.3 Å². The third-order valence-electron chi connectivity index (χ3n) is 5.91. The summed E-state index contributed by atoms with van der Waals surface area (Å²) in [6.07, 6.45) is 3.52. The first kappa shape index (κ1) is 23.2. The fourth-order valence-electron chi connectivity index (χ4n) is 4.20. The number of aryl methyl sites for hydroxylation is 2. The maximum atomic E-state index is 15.0. The summed E-state index contributed by atoms with van der Waals surface area (Å²) in [4.78, 5) is 0. The summed E-state index contributed by atoms with van der Waals surface area (Å²) in [6.45, 7) is 3.76. The van der Waals surface area contributed by atoms with Crippen molar-refractivity contribution in [3.63, 3.8) is 0 Å². The average molecular weight is 464 g/mol. The number of furan rings is 1. The molecule has 0 atom stereocenters. The smallest absolute Gasteiger partial charge is 0.171 e. The van der Waals surface area contributed by atoms with Gasteiger partial charge in [0.25, 0.3) is 0 Å². The molecule has 0 bridgehead atoms. The molecule has 0 aliphatic carbocycles. The van der Waals surface area contributed by atoms with Crippen molar-refractivity contribution >= 4 is 21.9 Å². The van der Waals surface area contributed by atoms with Crippen LogP contribution in [0.25, 0.3) is 33.1 Å². The maximum Gasteiger partial charge on any atom is 0.171 e. The molecule has 0 fully saturated rings. The quantitative estimate of drug-likeness (QED) is 0.197. The van der Waals surface area contributed by atoms with Crippen molar-refractivity contribution in [2.24, 2.45) is 0 Å². The van der Waals surface area contributed by atoms with Gasteiger partial charge in [0.15, 0.2) is 34.9 Å². The Morgan fingerprint density at radius 1 is 0.576 bits per heavy atom. The van der Waals surface area contributed by atoms with Gasteiger partial charge in [0.05, 0.1) is 10.8 Å². The molecular weight excluding hydrogens is 442 g/mol. The zero-order valence-corrected chi connectivity index (χ0v) is 18.2. The van der Waals surface area contributed by atoms with Crippen molar-refractivity contribution in [2.45, 2.75) is 52.4 Å². The molecule has 1 nitrogen and oxygen atoms in total. The predicted molar refractivity (Wildman–Crippen MR) is 116 cm³/mol. The lowest BCUT2D eigenvalue weighted by Crippen LogP contribution is -2.00. The average Bonchev–Trinajstić information content (AvgIpc) is 3.16. The van der Waals surface area contributed by atoms with E-state index in [1.807, 2.05) is 6.92 Å². The topological polar surface area (TPSA) is 13.1 Å². The van der Waals surface area contributed by atoms with Crippen molar-refractivity contribution in [1.82, 2.24) is 0 Å². The standard InChI is InChI=1S/C26H22F6O/c1-3-5-6-8-13-9-10-15(23(29)21(13)27)16-12-18-20(26(32)24(16)30)19-17(33-18)11-14(7-4-2)22(28)25(19)31/h9-12H,3-8H2,1-2H3. The van der Waals surface area contributed by atoms with E-state index in [1.165, 1.54) is 18.2 Å². The van der Waals surface area contributed by atoms with E-state index in [0.717, 1.165) is 18.9 Å². The highest BCUT2D eigenvalue weighted by molar-refractivity contribution is 6.07. The summed E-state index contributed by atoms with van der Waals surface area (Å²) < 4.78 is 94.1. The van der Waals surface area contributed by atoms with Crippen LogP contribution in [0, 0.1) is 34.9 Å². The fourth-order valence-corrected chi connectivity index (χ4v) is 4.20. The van der Waals surface area contributed by atoms with Gasteiger partial charge in [-0.2, -0.15) is 0 Å². The Labute approximate surface area is 187 Å². The number of benzene rings is 3. The van der Waals surface area contributed by atoms with Crippen LogP contribution >= 0.6 is 0 Å². The van der Waals surface area contributed by atoms with Crippen molar-refractivity contribution in [2.75, 3.05) is 0 Å². The van der Waals surface area contributed by atoms with Crippen molar-refractivity contribution in [1.29, 1.82) is 0 Å². The first-order chi connectivity index (χ1) is 15.8. The Bertz CT molecular complexity index is 1360. The molecule has 1 aromatic heterocycles. The van der Waals surface area contributed by atoms with Gasteiger partial charge in [-0.15, -0.1) is 0 Å². The van der Waals surface area contributed by atoms with E-state index in [1.54, 1.807) is 6.92 Å². The minimum atomic E-state index is -1.52. The van der Waals surface area contributed by atoms with E-state index in [4.69, 9.17) is 4.42 Å². The molecule has 0 N–H and O–H groups in total. The van der Waals surface area contributed by atoms with Gasteiger partial charge in [-0.3, -0.25) is 0 Å². The number of fused-ring (bicyclic) bond motifs is 3. The minimum absolute atomic E-state index is 0.0504. The Kier molecular flexibility index (Phi) is 6.41. The van der Waals surface area contributed by atoms with Crippen molar-refractivity contribution in [3.8, 4) is 11.1 Å². The van der Waals surface area contributed by atoms with Gasteiger partial charge in [-0.1, -0.05) is 45.2 Å². The van der Waals surface area contributed by atoms with E-state index in [9.17, 15) is 22.0 Å². The lowest BCUT2D eigenvalue weighted by Gasteiger charge is -2.10. The normalized spacial score (nSPS) is 11.8. The molecule has 0 unspecified atom stereocenters. The molecule has 4 aromatic rings. The van der Waals surface area contributed by atoms with E-state index in [2.05, 4.69) is 0 Å². The van der Waals surface area contributed by atoms with E-state index < -0.39 is 56.8 Å². The van der Waals surface area contributed by atoms with Crippen LogP contribution in [-0.4, -0.2) is 0 Å². The summed E-state index contributed by atoms with van der Waals surface area (Å²) in [7, 11) is 0. The fraction of sp³-hybridized carbons (Fsp3) is 0.308. The SMILES string of the molecule is CCCCCc1ccc(-c2cc3oc4cc(CCC)c(F)c(F)c4c3c(F)c2F)c(F)c1F. The van der Waals surface area contributed by atoms with Crippen LogP contribution in [0.15, 0.2) is 28.7 Å². The molecule has 33 heavy (non-hydrogen) atoms. The third-order valence-corrected chi connectivity index (χ3v) is 5.91. The summed E-state index contributed by atoms with van der Waals surface area (Å²) >= 11 is 0. The molecule has 3 aromatic carbocycles. The second-order valence-electron chi connectivity index (χ2n) is 8.17. The monoisotopic (exact) mass is 464 g/mol. The Morgan fingerprint density at radius 3 is 1.85 bits per heavy atom. The molecule has 1 heterocycles. The van der Waals surface area contributed by atoms with Gasteiger partial charge in [0, 0.05) is 11.1 Å².